The second-order valence-electron chi connectivity index (χ2n) is 12.4. The van der Waals surface area contributed by atoms with Crippen LogP contribution in [0.25, 0.3) is 0 Å². The third kappa shape index (κ3) is 5.40. The Balaban J connectivity index is 1.44. The summed E-state index contributed by atoms with van der Waals surface area (Å²) >= 11 is 6.32. The summed E-state index contributed by atoms with van der Waals surface area (Å²) < 4.78 is 47.8. The lowest BCUT2D eigenvalue weighted by Crippen LogP contribution is -2.50. The number of fused-ring (bicyclic) bond motifs is 4. The minimum Gasteiger partial charge on any atom is -0.493 e. The van der Waals surface area contributed by atoms with E-state index in [0.29, 0.717) is 54.5 Å². The lowest BCUT2D eigenvalue weighted by atomic mass is 9.69. The Labute approximate surface area is 253 Å². The average molecular weight is 615 g/mol. The van der Waals surface area contributed by atoms with Gasteiger partial charge in [-0.1, -0.05) is 43.7 Å². The van der Waals surface area contributed by atoms with E-state index in [1.807, 2.05) is 25.1 Å². The van der Waals surface area contributed by atoms with Gasteiger partial charge in [0.15, 0.2) is 0 Å². The fourth-order valence-electron chi connectivity index (χ4n) is 6.87. The van der Waals surface area contributed by atoms with E-state index in [1.54, 1.807) is 26.2 Å². The molecule has 8 nitrogen and oxygen atoms in total. The van der Waals surface area contributed by atoms with Crippen molar-refractivity contribution in [1.29, 1.82) is 0 Å². The van der Waals surface area contributed by atoms with Crippen LogP contribution in [0.1, 0.15) is 45.1 Å². The molecule has 1 saturated carbocycles. The molecule has 6 atom stereocenters. The second kappa shape index (κ2) is 11.4. The minimum atomic E-state index is -4.09. The van der Waals surface area contributed by atoms with Gasteiger partial charge in [0.2, 0.25) is 5.91 Å². The number of amides is 1. The molecule has 1 amide bonds. The first-order valence-electron chi connectivity index (χ1n) is 14.8. The summed E-state index contributed by atoms with van der Waals surface area (Å²) in [7, 11) is -2.34. The highest BCUT2D eigenvalue weighted by molar-refractivity contribution is 7.90. The lowest BCUT2D eigenvalue weighted by molar-refractivity contribution is -0.124. The fourth-order valence-corrected chi connectivity index (χ4v) is 8.12. The van der Waals surface area contributed by atoms with E-state index >= 15 is 0 Å². The second-order valence-corrected chi connectivity index (χ2v) is 14.5. The summed E-state index contributed by atoms with van der Waals surface area (Å²) in [5.74, 6) is 1.05. The van der Waals surface area contributed by atoms with E-state index < -0.39 is 21.8 Å². The van der Waals surface area contributed by atoms with Gasteiger partial charge in [0.05, 0.1) is 35.3 Å². The molecular weight excluding hydrogens is 576 g/mol. The van der Waals surface area contributed by atoms with E-state index in [9.17, 15) is 13.2 Å². The summed E-state index contributed by atoms with van der Waals surface area (Å²) in [5.41, 5.74) is 1.38. The van der Waals surface area contributed by atoms with Crippen LogP contribution in [0, 0.1) is 23.7 Å². The molecule has 2 aromatic rings. The fraction of sp³-hybridized carbons (Fsp3) is 0.531. The molecule has 2 bridgehead atoms. The topological polar surface area (TPSA) is 94.2 Å². The van der Waals surface area contributed by atoms with Crippen molar-refractivity contribution in [3.63, 3.8) is 0 Å². The Morgan fingerprint density at radius 3 is 2.69 bits per heavy atom. The van der Waals surface area contributed by atoms with Crippen molar-refractivity contribution in [2.75, 3.05) is 38.3 Å². The van der Waals surface area contributed by atoms with Crippen molar-refractivity contribution in [3.8, 4) is 11.5 Å². The monoisotopic (exact) mass is 614 g/mol. The standard InChI is InChI=1S/C32H39ClN2O6S/c1-20-5-4-6-28(39-3)25-10-7-22(25)17-35-18-32(13-14-40-30-15-23(33)8-11-26(30)32)19-41-29-12-9-24(16-27(29)35)42(37,38)34-31(36)21(20)2/h4,6,8-9,11-12,15-16,20-22,25,28H,5,7,10,13-14,17-19H2,1-3H3,(H,34,36)/b6-4+/t20-,21+,22-,25+,28-,32-/m0/s1. The minimum absolute atomic E-state index is 0.0256. The molecule has 0 radical (unpaired) electrons. The molecule has 0 saturated heterocycles. The number of hydrogen-bond acceptors (Lipinski definition) is 7. The lowest BCUT2D eigenvalue weighted by Gasteiger charge is -2.45. The smallest absolute Gasteiger partial charge is 0.264 e. The molecule has 6 rings (SSSR count). The third-order valence-electron chi connectivity index (χ3n) is 9.89. The average Bonchev–Trinajstić information content (AvgIpc) is 3.10. The molecule has 3 heterocycles. The van der Waals surface area contributed by atoms with Crippen LogP contribution in [0.3, 0.4) is 0 Å². The van der Waals surface area contributed by atoms with Crippen molar-refractivity contribution < 1.29 is 27.4 Å². The van der Waals surface area contributed by atoms with Gasteiger partial charge >= 0.3 is 0 Å². The van der Waals surface area contributed by atoms with Gasteiger partial charge in [-0.3, -0.25) is 4.79 Å². The van der Waals surface area contributed by atoms with Crippen LogP contribution in [0.5, 0.6) is 11.5 Å². The Morgan fingerprint density at radius 1 is 1.10 bits per heavy atom. The van der Waals surface area contributed by atoms with Gasteiger partial charge in [-0.15, -0.1) is 0 Å². The van der Waals surface area contributed by atoms with E-state index in [1.165, 1.54) is 6.07 Å². The van der Waals surface area contributed by atoms with Gasteiger partial charge in [-0.25, -0.2) is 13.1 Å². The molecule has 1 spiro atoms. The van der Waals surface area contributed by atoms with Gasteiger partial charge in [0.1, 0.15) is 11.5 Å². The van der Waals surface area contributed by atoms with E-state index in [4.69, 9.17) is 25.8 Å². The van der Waals surface area contributed by atoms with Gasteiger partial charge in [-0.2, -0.15) is 0 Å². The molecule has 3 aliphatic heterocycles. The van der Waals surface area contributed by atoms with Crippen LogP contribution >= 0.6 is 11.6 Å². The first kappa shape index (κ1) is 29.3. The molecule has 1 aliphatic carbocycles. The Hall–Kier alpha value is -2.75. The maximum absolute atomic E-state index is 13.5. The zero-order valence-electron chi connectivity index (χ0n) is 24.3. The van der Waals surface area contributed by atoms with E-state index in [0.717, 1.165) is 37.1 Å². The number of carbonyl (C=O) groups is 1. The number of rotatable bonds is 1. The third-order valence-corrected chi connectivity index (χ3v) is 11.5. The number of hydrogen-bond donors (Lipinski definition) is 1. The molecule has 42 heavy (non-hydrogen) atoms. The molecule has 10 heteroatoms. The molecule has 1 fully saturated rings. The summed E-state index contributed by atoms with van der Waals surface area (Å²) in [4.78, 5) is 15.4. The number of halogens is 1. The van der Waals surface area contributed by atoms with Crippen LogP contribution in [0.15, 0.2) is 53.4 Å². The van der Waals surface area contributed by atoms with Crippen molar-refractivity contribution in [2.24, 2.45) is 23.7 Å². The zero-order chi connectivity index (χ0) is 29.6. The summed E-state index contributed by atoms with van der Waals surface area (Å²) in [5, 5.41) is 0.616. The summed E-state index contributed by atoms with van der Waals surface area (Å²) in [6.45, 7) is 6.04. The number of nitrogens with one attached hydrogen (secondary N) is 1. The molecule has 2 aromatic carbocycles. The highest BCUT2D eigenvalue weighted by Gasteiger charge is 2.45. The number of anilines is 1. The zero-order valence-corrected chi connectivity index (χ0v) is 25.9. The number of allylic oxidation sites excluding steroid dienone is 1. The maximum atomic E-state index is 13.5. The van der Waals surface area contributed by atoms with E-state index in [2.05, 4.69) is 21.8 Å². The molecule has 0 aromatic heterocycles. The van der Waals surface area contributed by atoms with Gasteiger partial charge in [-0.05, 0) is 73.8 Å². The Bertz CT molecular complexity index is 1500. The number of nitrogens with zero attached hydrogens (tertiary/aromatic N) is 1. The molecular formula is C32H39ClN2O6S. The quantitative estimate of drug-likeness (QED) is 0.434. The van der Waals surface area contributed by atoms with Crippen molar-refractivity contribution in [3.05, 3.63) is 59.1 Å². The highest BCUT2D eigenvalue weighted by Crippen LogP contribution is 2.47. The van der Waals surface area contributed by atoms with Crippen LogP contribution < -0.4 is 19.1 Å². The highest BCUT2D eigenvalue weighted by atomic mass is 35.5. The first-order chi connectivity index (χ1) is 20.1. The normalized spacial score (nSPS) is 33.1. The van der Waals surface area contributed by atoms with Crippen molar-refractivity contribution in [1.82, 2.24) is 4.72 Å². The molecule has 4 aliphatic rings. The number of benzene rings is 2. The summed E-state index contributed by atoms with van der Waals surface area (Å²) in [6.07, 6.45) is 7.71. The summed E-state index contributed by atoms with van der Waals surface area (Å²) in [6, 6.07) is 10.7. The molecule has 1 N–H and O–H groups in total. The van der Waals surface area contributed by atoms with Gasteiger partial charge < -0.3 is 19.1 Å². The predicted octanol–water partition coefficient (Wildman–Crippen LogP) is 5.34. The molecule has 0 unspecified atom stereocenters. The Morgan fingerprint density at radius 2 is 1.93 bits per heavy atom. The van der Waals surface area contributed by atoms with Crippen molar-refractivity contribution >= 4 is 33.2 Å². The van der Waals surface area contributed by atoms with E-state index in [-0.39, 0.29) is 22.3 Å². The first-order valence-corrected chi connectivity index (χ1v) is 16.7. The molecule has 226 valence electrons. The Kier molecular flexibility index (Phi) is 7.96. The van der Waals surface area contributed by atoms with Crippen LogP contribution in [-0.2, 0) is 25.0 Å². The number of methoxy groups -OCH3 is 1. The van der Waals surface area contributed by atoms with Crippen molar-refractivity contribution in [2.45, 2.75) is 55.9 Å². The number of carbonyl (C=O) groups excluding carboxylic acids is 1. The van der Waals surface area contributed by atoms with Gasteiger partial charge in [0.25, 0.3) is 10.0 Å². The maximum Gasteiger partial charge on any atom is 0.264 e. The SMILES string of the molecule is CO[C@H]1/C=C/C[C@H](C)[C@@H](C)C(=O)NS(=O)(=O)c2ccc3c(c2)N(C[C@@H]2CC[C@H]21)C[C@@]1(CCOc2cc(Cl)ccc21)CO3. The van der Waals surface area contributed by atoms with Gasteiger partial charge in [0, 0.05) is 36.7 Å². The number of ether oxygens (including phenoxy) is 3. The van der Waals surface area contributed by atoms with Crippen LogP contribution in [0.4, 0.5) is 5.69 Å². The van der Waals surface area contributed by atoms with Crippen LogP contribution in [-0.4, -0.2) is 53.8 Å². The number of sulfonamides is 1. The largest absolute Gasteiger partial charge is 0.493 e. The van der Waals surface area contributed by atoms with Crippen LogP contribution in [0.2, 0.25) is 5.02 Å². The predicted molar refractivity (Wildman–Crippen MR) is 162 cm³/mol.